The fraction of sp³-hybridized carbons (Fsp3) is 0.0370. The molecule has 2 heterocycles. The second-order valence-corrected chi connectivity index (χ2v) is 8.14. The molecule has 5 rings (SSSR count). The van der Waals surface area contributed by atoms with Crippen LogP contribution in [0, 0.1) is 0 Å². The molecule has 36 heavy (non-hydrogen) atoms. The predicted octanol–water partition coefficient (Wildman–Crippen LogP) is 4.83. The Hall–Kier alpha value is -4.69. The number of amides is 1. The summed E-state index contributed by atoms with van der Waals surface area (Å²) in [5, 5.41) is 9.02. The standard InChI is InChI=1S/C27H19ClN4O4/c28-19-10-11-25-22(14-19)27(34)18(16-35-25)15-29-31-26(33)17-36-24-9-5-4-8-21(24)23-12-13-30-32(23)20-6-2-1-3-7-20/h1-16H,17H2,(H,31,33). The van der Waals surface area contributed by atoms with Gasteiger partial charge in [0.25, 0.3) is 5.91 Å². The van der Waals surface area contributed by atoms with Gasteiger partial charge in [0.2, 0.25) is 5.43 Å². The van der Waals surface area contributed by atoms with E-state index >= 15 is 0 Å². The lowest BCUT2D eigenvalue weighted by atomic mass is 10.1. The van der Waals surface area contributed by atoms with Gasteiger partial charge in [0.15, 0.2) is 6.61 Å². The zero-order valence-corrected chi connectivity index (χ0v) is 19.6. The van der Waals surface area contributed by atoms with Crippen molar-refractivity contribution >= 4 is 34.7 Å². The molecule has 8 nitrogen and oxygen atoms in total. The highest BCUT2D eigenvalue weighted by Gasteiger charge is 2.13. The molecule has 0 aliphatic rings. The van der Waals surface area contributed by atoms with Gasteiger partial charge in [0.1, 0.15) is 17.6 Å². The molecule has 2 aromatic heterocycles. The molecule has 178 valence electrons. The summed E-state index contributed by atoms with van der Waals surface area (Å²) in [7, 11) is 0. The predicted molar refractivity (Wildman–Crippen MR) is 138 cm³/mol. The number of para-hydroxylation sites is 2. The van der Waals surface area contributed by atoms with Crippen LogP contribution in [0.5, 0.6) is 5.75 Å². The van der Waals surface area contributed by atoms with E-state index in [1.807, 2.05) is 54.6 Å². The molecule has 0 saturated heterocycles. The Labute approximate surface area is 210 Å². The summed E-state index contributed by atoms with van der Waals surface area (Å²) in [6, 6.07) is 23.7. The number of nitrogens with one attached hydrogen (secondary N) is 1. The first kappa shape index (κ1) is 23.1. The molecule has 0 aliphatic carbocycles. The fourth-order valence-electron chi connectivity index (χ4n) is 3.64. The summed E-state index contributed by atoms with van der Waals surface area (Å²) in [5.41, 5.74) is 5.13. The highest BCUT2D eigenvalue weighted by molar-refractivity contribution is 6.31. The number of aromatic nitrogens is 2. The van der Waals surface area contributed by atoms with Gasteiger partial charge in [-0.15, -0.1) is 0 Å². The molecule has 0 fully saturated rings. The van der Waals surface area contributed by atoms with Gasteiger partial charge in [-0.2, -0.15) is 10.2 Å². The summed E-state index contributed by atoms with van der Waals surface area (Å²) in [6.07, 6.45) is 4.20. The summed E-state index contributed by atoms with van der Waals surface area (Å²) in [4.78, 5) is 24.9. The maximum atomic E-state index is 12.6. The normalized spacial score (nSPS) is 11.1. The Morgan fingerprint density at radius 3 is 2.75 bits per heavy atom. The molecule has 0 bridgehead atoms. The van der Waals surface area contributed by atoms with Crippen molar-refractivity contribution in [3.63, 3.8) is 0 Å². The van der Waals surface area contributed by atoms with Crippen LogP contribution in [-0.4, -0.2) is 28.5 Å². The number of carbonyl (C=O) groups is 1. The van der Waals surface area contributed by atoms with Gasteiger partial charge in [-0.05, 0) is 48.5 Å². The fourth-order valence-corrected chi connectivity index (χ4v) is 3.82. The number of benzene rings is 3. The molecule has 0 saturated carbocycles. The molecular formula is C27H19ClN4O4. The van der Waals surface area contributed by atoms with Gasteiger partial charge in [0, 0.05) is 10.6 Å². The van der Waals surface area contributed by atoms with Crippen molar-refractivity contribution in [3.8, 4) is 22.7 Å². The van der Waals surface area contributed by atoms with E-state index in [2.05, 4.69) is 15.6 Å². The molecule has 0 atom stereocenters. The number of ether oxygens (including phenoxy) is 1. The first-order valence-corrected chi connectivity index (χ1v) is 11.3. The largest absolute Gasteiger partial charge is 0.483 e. The van der Waals surface area contributed by atoms with Gasteiger partial charge in [-0.25, -0.2) is 10.1 Å². The number of carbonyl (C=O) groups excluding carboxylic acids is 1. The topological polar surface area (TPSA) is 98.7 Å². The number of hydrazone groups is 1. The van der Waals surface area contributed by atoms with Crippen LogP contribution >= 0.6 is 11.6 Å². The first-order valence-electron chi connectivity index (χ1n) is 10.9. The number of hydrogen-bond acceptors (Lipinski definition) is 6. The lowest BCUT2D eigenvalue weighted by Crippen LogP contribution is -2.25. The van der Waals surface area contributed by atoms with Crippen molar-refractivity contribution in [2.24, 2.45) is 5.10 Å². The highest BCUT2D eigenvalue weighted by Crippen LogP contribution is 2.31. The van der Waals surface area contributed by atoms with Crippen LogP contribution in [0.2, 0.25) is 5.02 Å². The Balaban J connectivity index is 1.27. The molecule has 0 spiro atoms. The molecule has 3 aromatic carbocycles. The quantitative estimate of drug-likeness (QED) is 0.256. The first-order chi connectivity index (χ1) is 17.6. The van der Waals surface area contributed by atoms with Crippen LogP contribution in [0.25, 0.3) is 27.9 Å². The smallest absolute Gasteiger partial charge is 0.277 e. The van der Waals surface area contributed by atoms with Gasteiger partial charge in [-0.1, -0.05) is 41.9 Å². The summed E-state index contributed by atoms with van der Waals surface area (Å²) >= 11 is 5.97. The van der Waals surface area contributed by atoms with Crippen LogP contribution in [0.3, 0.4) is 0 Å². The van der Waals surface area contributed by atoms with Crippen molar-refractivity contribution < 1.29 is 13.9 Å². The molecule has 0 radical (unpaired) electrons. The van der Waals surface area contributed by atoms with Crippen molar-refractivity contribution in [1.82, 2.24) is 15.2 Å². The zero-order valence-electron chi connectivity index (χ0n) is 18.8. The number of halogens is 1. The van der Waals surface area contributed by atoms with Crippen LogP contribution < -0.4 is 15.6 Å². The number of hydrogen-bond donors (Lipinski definition) is 1. The van der Waals surface area contributed by atoms with Crippen molar-refractivity contribution in [1.29, 1.82) is 0 Å². The van der Waals surface area contributed by atoms with E-state index in [9.17, 15) is 9.59 Å². The Bertz CT molecular complexity index is 1630. The molecule has 0 aliphatic heterocycles. The van der Waals surface area contributed by atoms with E-state index in [4.69, 9.17) is 20.8 Å². The minimum Gasteiger partial charge on any atom is -0.483 e. The monoisotopic (exact) mass is 498 g/mol. The van der Waals surface area contributed by atoms with Gasteiger partial charge >= 0.3 is 0 Å². The van der Waals surface area contributed by atoms with E-state index in [1.165, 1.54) is 18.5 Å². The number of rotatable bonds is 7. The Morgan fingerprint density at radius 2 is 1.89 bits per heavy atom. The van der Waals surface area contributed by atoms with Crippen molar-refractivity contribution in [2.45, 2.75) is 0 Å². The molecule has 5 aromatic rings. The van der Waals surface area contributed by atoms with Crippen LogP contribution in [-0.2, 0) is 4.79 Å². The SMILES string of the molecule is O=C(COc1ccccc1-c1ccnn1-c1ccccc1)NN=Cc1coc2ccc(Cl)cc2c1=O. The van der Waals surface area contributed by atoms with Gasteiger partial charge in [-0.3, -0.25) is 9.59 Å². The highest BCUT2D eigenvalue weighted by atomic mass is 35.5. The lowest BCUT2D eigenvalue weighted by molar-refractivity contribution is -0.123. The molecule has 1 N–H and O–H groups in total. The van der Waals surface area contributed by atoms with E-state index in [0.717, 1.165) is 16.9 Å². The number of nitrogens with zero attached hydrogens (tertiary/aromatic N) is 3. The third-order valence-corrected chi connectivity index (χ3v) is 5.55. The summed E-state index contributed by atoms with van der Waals surface area (Å²) < 4.78 is 13.0. The zero-order chi connectivity index (χ0) is 24.9. The average Bonchev–Trinajstić information content (AvgIpc) is 3.40. The number of fused-ring (bicyclic) bond motifs is 1. The van der Waals surface area contributed by atoms with Gasteiger partial charge in [0.05, 0.1) is 34.7 Å². The maximum Gasteiger partial charge on any atom is 0.277 e. The third kappa shape index (κ3) is 4.89. The Kier molecular flexibility index (Phi) is 6.59. The van der Waals surface area contributed by atoms with Gasteiger partial charge < -0.3 is 9.15 Å². The summed E-state index contributed by atoms with van der Waals surface area (Å²) in [5.74, 6) is 0.0206. The average molecular weight is 499 g/mol. The molecule has 1 amide bonds. The lowest BCUT2D eigenvalue weighted by Gasteiger charge is -2.12. The van der Waals surface area contributed by atoms with Crippen LogP contribution in [0.15, 0.2) is 106 Å². The van der Waals surface area contributed by atoms with Crippen LogP contribution in [0.4, 0.5) is 0 Å². The van der Waals surface area contributed by atoms with Crippen LogP contribution in [0.1, 0.15) is 5.56 Å². The molecule has 9 heteroatoms. The molecular weight excluding hydrogens is 480 g/mol. The van der Waals surface area contributed by atoms with E-state index < -0.39 is 5.91 Å². The van der Waals surface area contributed by atoms with E-state index in [1.54, 1.807) is 29.1 Å². The van der Waals surface area contributed by atoms with Crippen molar-refractivity contribution in [3.05, 3.63) is 112 Å². The maximum absolute atomic E-state index is 12.6. The second-order valence-electron chi connectivity index (χ2n) is 7.70. The minimum atomic E-state index is -0.495. The third-order valence-electron chi connectivity index (χ3n) is 5.32. The van der Waals surface area contributed by atoms with E-state index in [-0.39, 0.29) is 17.6 Å². The van der Waals surface area contributed by atoms with Crippen molar-refractivity contribution in [2.75, 3.05) is 6.61 Å². The minimum absolute atomic E-state index is 0.172. The summed E-state index contributed by atoms with van der Waals surface area (Å²) in [6.45, 7) is -0.282. The Morgan fingerprint density at radius 1 is 1.08 bits per heavy atom. The molecule has 0 unspecified atom stereocenters. The second kappa shape index (κ2) is 10.3. The van der Waals surface area contributed by atoms with E-state index in [0.29, 0.717) is 21.7 Å².